The van der Waals surface area contributed by atoms with Gasteiger partial charge in [-0.15, -0.1) is 0 Å². The first-order valence-electron chi connectivity index (χ1n) is 6.59. The fourth-order valence-electron chi connectivity index (χ4n) is 2.53. The van der Waals surface area contributed by atoms with Crippen LogP contribution in [-0.4, -0.2) is 33.3 Å². The van der Waals surface area contributed by atoms with Crippen molar-refractivity contribution < 1.29 is 5.11 Å². The molecule has 1 aromatic carbocycles. The number of rotatable bonds is 2. The van der Waals surface area contributed by atoms with Crippen LogP contribution in [0.1, 0.15) is 12.8 Å². The maximum atomic E-state index is 12.3. The van der Waals surface area contributed by atoms with Crippen LogP contribution in [-0.2, 0) is 6.54 Å². The number of benzene rings is 1. The van der Waals surface area contributed by atoms with E-state index in [4.69, 9.17) is 0 Å². The zero-order valence-corrected chi connectivity index (χ0v) is 10.6. The topological polar surface area (TPSA) is 67.2 Å². The highest BCUT2D eigenvalue weighted by Crippen LogP contribution is 2.10. The average Bonchev–Trinajstić information content (AvgIpc) is 2.45. The normalized spacial score (nSPS) is 23.6. The van der Waals surface area contributed by atoms with E-state index in [-0.39, 0.29) is 17.7 Å². The molecule has 19 heavy (non-hydrogen) atoms. The van der Waals surface area contributed by atoms with Crippen molar-refractivity contribution in [2.45, 2.75) is 31.5 Å². The standard InChI is InChI=1S/C14H17N3O2/c18-11-6-5-10(15-7-11)8-17-9-16-13-4-2-1-3-12(13)14(17)19/h1-4,9-11,15,18H,5-8H2/t10-,11+/m1/s1. The molecule has 2 atom stereocenters. The maximum absolute atomic E-state index is 12.3. The minimum atomic E-state index is -0.261. The van der Waals surface area contributed by atoms with Crippen LogP contribution in [0.5, 0.6) is 0 Å². The summed E-state index contributed by atoms with van der Waals surface area (Å²) >= 11 is 0. The van der Waals surface area contributed by atoms with Crippen LogP contribution in [0, 0.1) is 0 Å². The highest BCUT2D eigenvalue weighted by atomic mass is 16.3. The van der Waals surface area contributed by atoms with Gasteiger partial charge in [0.15, 0.2) is 0 Å². The lowest BCUT2D eigenvalue weighted by Crippen LogP contribution is -2.45. The van der Waals surface area contributed by atoms with Crippen molar-refractivity contribution in [3.63, 3.8) is 0 Å². The first kappa shape index (κ1) is 12.3. The van der Waals surface area contributed by atoms with Gasteiger partial charge in [-0.25, -0.2) is 4.98 Å². The van der Waals surface area contributed by atoms with Crippen LogP contribution in [0.25, 0.3) is 10.9 Å². The average molecular weight is 259 g/mol. The first-order valence-corrected chi connectivity index (χ1v) is 6.59. The molecule has 1 aromatic heterocycles. The Morgan fingerprint density at radius 1 is 1.37 bits per heavy atom. The Morgan fingerprint density at radius 3 is 3.00 bits per heavy atom. The lowest BCUT2D eigenvalue weighted by molar-refractivity contribution is 0.122. The summed E-state index contributed by atoms with van der Waals surface area (Å²) in [6, 6.07) is 7.60. The number of β-amino-alcohol motifs (C(OH)–C–C–N with tert-alkyl or cyclic N) is 1. The number of aliphatic hydroxyl groups is 1. The summed E-state index contributed by atoms with van der Waals surface area (Å²) in [4.78, 5) is 16.6. The first-order chi connectivity index (χ1) is 9.24. The van der Waals surface area contributed by atoms with Crippen LogP contribution in [0.4, 0.5) is 0 Å². The molecule has 2 N–H and O–H groups in total. The summed E-state index contributed by atoms with van der Waals surface area (Å²) in [7, 11) is 0. The van der Waals surface area contributed by atoms with Gasteiger partial charge in [-0.3, -0.25) is 9.36 Å². The second-order valence-corrected chi connectivity index (χ2v) is 5.06. The van der Waals surface area contributed by atoms with Gasteiger partial charge in [0.05, 0.1) is 23.3 Å². The molecule has 5 heteroatoms. The summed E-state index contributed by atoms with van der Waals surface area (Å²) < 4.78 is 1.65. The number of hydrogen-bond donors (Lipinski definition) is 2. The van der Waals surface area contributed by atoms with E-state index < -0.39 is 0 Å². The molecule has 1 aliphatic heterocycles. The number of fused-ring (bicyclic) bond motifs is 1. The van der Waals surface area contributed by atoms with Gasteiger partial charge in [-0.05, 0) is 25.0 Å². The molecule has 0 bridgehead atoms. The SMILES string of the molecule is O=c1c2ccccc2ncn1C[C@H]1CC[C@H](O)CN1. The van der Waals surface area contributed by atoms with Gasteiger partial charge in [0.1, 0.15) is 0 Å². The van der Waals surface area contributed by atoms with Crippen LogP contribution in [0.2, 0.25) is 0 Å². The smallest absolute Gasteiger partial charge is 0.261 e. The fourth-order valence-corrected chi connectivity index (χ4v) is 2.53. The highest BCUT2D eigenvalue weighted by molar-refractivity contribution is 5.76. The highest BCUT2D eigenvalue weighted by Gasteiger charge is 2.19. The van der Waals surface area contributed by atoms with Gasteiger partial charge in [-0.1, -0.05) is 12.1 Å². The minimum Gasteiger partial charge on any atom is -0.392 e. The van der Waals surface area contributed by atoms with Crippen molar-refractivity contribution >= 4 is 10.9 Å². The minimum absolute atomic E-state index is 0.00137. The molecule has 1 aliphatic rings. The lowest BCUT2D eigenvalue weighted by atomic mass is 10.0. The predicted octanol–water partition coefficient (Wildman–Crippen LogP) is 0.509. The Hall–Kier alpha value is -1.72. The second-order valence-electron chi connectivity index (χ2n) is 5.06. The van der Waals surface area contributed by atoms with Crippen LogP contribution < -0.4 is 10.9 Å². The predicted molar refractivity (Wildman–Crippen MR) is 73.0 cm³/mol. The molecular weight excluding hydrogens is 242 g/mol. The second kappa shape index (κ2) is 5.11. The molecule has 0 aliphatic carbocycles. The quantitative estimate of drug-likeness (QED) is 0.824. The number of nitrogens with zero attached hydrogens (tertiary/aromatic N) is 2. The van der Waals surface area contributed by atoms with E-state index in [9.17, 15) is 9.90 Å². The van der Waals surface area contributed by atoms with E-state index in [1.165, 1.54) is 0 Å². The van der Waals surface area contributed by atoms with E-state index in [2.05, 4.69) is 10.3 Å². The lowest BCUT2D eigenvalue weighted by Gasteiger charge is -2.27. The van der Waals surface area contributed by atoms with Crippen molar-refractivity contribution in [3.8, 4) is 0 Å². The van der Waals surface area contributed by atoms with Gasteiger partial charge in [-0.2, -0.15) is 0 Å². The van der Waals surface area contributed by atoms with Crippen LogP contribution in [0.15, 0.2) is 35.4 Å². The van der Waals surface area contributed by atoms with Gasteiger partial charge >= 0.3 is 0 Å². The molecular formula is C14H17N3O2. The molecule has 1 saturated heterocycles. The summed E-state index contributed by atoms with van der Waals surface area (Å²) in [6.45, 7) is 1.20. The molecule has 1 fully saturated rings. The molecule has 2 aromatic rings. The van der Waals surface area contributed by atoms with Crippen molar-refractivity contribution in [3.05, 3.63) is 40.9 Å². The summed E-state index contributed by atoms with van der Waals surface area (Å²) in [6.07, 6.45) is 3.01. The van der Waals surface area contributed by atoms with Gasteiger partial charge in [0, 0.05) is 19.1 Å². The number of aliphatic hydroxyl groups excluding tert-OH is 1. The monoisotopic (exact) mass is 259 g/mol. The molecule has 100 valence electrons. The maximum Gasteiger partial charge on any atom is 0.261 e. The van der Waals surface area contributed by atoms with Crippen molar-refractivity contribution in [2.75, 3.05) is 6.54 Å². The zero-order valence-electron chi connectivity index (χ0n) is 10.6. The number of nitrogens with one attached hydrogen (secondary N) is 1. The van der Waals surface area contributed by atoms with E-state index in [0.717, 1.165) is 18.4 Å². The van der Waals surface area contributed by atoms with Gasteiger partial charge in [0.2, 0.25) is 0 Å². The largest absolute Gasteiger partial charge is 0.392 e. The van der Waals surface area contributed by atoms with E-state index in [1.54, 1.807) is 17.0 Å². The van der Waals surface area contributed by atoms with Crippen molar-refractivity contribution in [2.24, 2.45) is 0 Å². The molecule has 3 rings (SSSR count). The van der Waals surface area contributed by atoms with E-state index in [0.29, 0.717) is 18.5 Å². The number of hydrogen-bond acceptors (Lipinski definition) is 4. The van der Waals surface area contributed by atoms with Crippen molar-refractivity contribution in [1.29, 1.82) is 0 Å². The molecule has 5 nitrogen and oxygen atoms in total. The molecule has 0 unspecified atom stereocenters. The molecule has 0 amide bonds. The van der Waals surface area contributed by atoms with Crippen LogP contribution in [0.3, 0.4) is 0 Å². The Balaban J connectivity index is 1.85. The fraction of sp³-hybridized carbons (Fsp3) is 0.429. The third-order valence-corrected chi connectivity index (χ3v) is 3.64. The summed E-state index contributed by atoms with van der Waals surface area (Å²) in [5.74, 6) is 0. The summed E-state index contributed by atoms with van der Waals surface area (Å²) in [5, 5.41) is 13.4. The Morgan fingerprint density at radius 2 is 2.21 bits per heavy atom. The van der Waals surface area contributed by atoms with Crippen molar-refractivity contribution in [1.82, 2.24) is 14.9 Å². The molecule has 0 radical (unpaired) electrons. The Labute approximate surface area is 110 Å². The number of para-hydroxylation sites is 1. The molecule has 0 saturated carbocycles. The van der Waals surface area contributed by atoms with E-state index >= 15 is 0 Å². The number of aromatic nitrogens is 2. The Kier molecular flexibility index (Phi) is 3.31. The summed E-state index contributed by atoms with van der Waals surface area (Å²) in [5.41, 5.74) is 0.731. The number of piperidine rings is 1. The third-order valence-electron chi connectivity index (χ3n) is 3.64. The molecule has 0 spiro atoms. The van der Waals surface area contributed by atoms with Crippen LogP contribution >= 0.6 is 0 Å². The zero-order chi connectivity index (χ0) is 13.2. The molecule has 2 heterocycles. The van der Waals surface area contributed by atoms with E-state index in [1.807, 2.05) is 18.2 Å². The van der Waals surface area contributed by atoms with Gasteiger partial charge in [0.25, 0.3) is 5.56 Å². The Bertz CT molecular complexity index is 630. The van der Waals surface area contributed by atoms with Gasteiger partial charge < -0.3 is 10.4 Å². The third kappa shape index (κ3) is 2.52.